The molecule has 1 heterocycles. The second-order valence-corrected chi connectivity index (χ2v) is 6.46. The zero-order valence-corrected chi connectivity index (χ0v) is 14.7. The maximum Gasteiger partial charge on any atom is 0.416 e. The molecule has 2 amide bonds. The molecule has 0 radical (unpaired) electrons. The number of amides is 2. The average molecular weight is 389 g/mol. The first-order chi connectivity index (χ1) is 13.2. The summed E-state index contributed by atoms with van der Waals surface area (Å²) >= 11 is 0. The van der Waals surface area contributed by atoms with Gasteiger partial charge in [-0.05, 0) is 29.3 Å². The van der Waals surface area contributed by atoms with Crippen molar-refractivity contribution in [2.24, 2.45) is 5.73 Å². The normalized spacial score (nSPS) is 12.7. The van der Waals surface area contributed by atoms with Crippen LogP contribution in [0.3, 0.4) is 0 Å². The summed E-state index contributed by atoms with van der Waals surface area (Å²) in [7, 11) is 0. The van der Waals surface area contributed by atoms with Crippen molar-refractivity contribution in [1.29, 1.82) is 0 Å². The second kappa shape index (κ2) is 7.75. The van der Waals surface area contributed by atoms with Gasteiger partial charge in [0, 0.05) is 23.5 Å². The number of carbonyl (C=O) groups is 2. The van der Waals surface area contributed by atoms with E-state index in [0.29, 0.717) is 5.56 Å². The number of hydrogen-bond acceptors (Lipinski definition) is 2. The molecule has 0 aliphatic carbocycles. The summed E-state index contributed by atoms with van der Waals surface area (Å²) in [5.41, 5.74) is 6.76. The standard InChI is InChI=1S/C20H18F3N3O2/c21-20(22,23)14-7-5-12(6-8-14)9-18(27)26-17(19(24)28)10-13-11-25-16-4-2-1-3-15(13)16/h1-8,11,17,25H,9-10H2,(H2,24,28)(H,26,27)/t17-/m1/s1. The van der Waals surface area contributed by atoms with Gasteiger partial charge in [-0.15, -0.1) is 0 Å². The number of aromatic amines is 1. The number of halogens is 3. The van der Waals surface area contributed by atoms with E-state index in [1.165, 1.54) is 12.1 Å². The highest BCUT2D eigenvalue weighted by molar-refractivity contribution is 5.89. The van der Waals surface area contributed by atoms with E-state index in [4.69, 9.17) is 5.73 Å². The van der Waals surface area contributed by atoms with Crippen LogP contribution in [0.2, 0.25) is 0 Å². The van der Waals surface area contributed by atoms with Crippen molar-refractivity contribution < 1.29 is 22.8 Å². The van der Waals surface area contributed by atoms with Gasteiger partial charge < -0.3 is 16.0 Å². The van der Waals surface area contributed by atoms with E-state index in [1.54, 1.807) is 6.20 Å². The van der Waals surface area contributed by atoms with E-state index < -0.39 is 29.6 Å². The minimum Gasteiger partial charge on any atom is -0.368 e. The molecule has 3 rings (SSSR count). The highest BCUT2D eigenvalue weighted by atomic mass is 19.4. The van der Waals surface area contributed by atoms with Crippen LogP contribution in [0.1, 0.15) is 16.7 Å². The molecule has 8 heteroatoms. The number of aromatic nitrogens is 1. The fraction of sp³-hybridized carbons (Fsp3) is 0.200. The second-order valence-electron chi connectivity index (χ2n) is 6.46. The third-order valence-corrected chi connectivity index (χ3v) is 4.42. The Labute approximate surface area is 158 Å². The number of rotatable bonds is 6. The Morgan fingerprint density at radius 2 is 1.75 bits per heavy atom. The van der Waals surface area contributed by atoms with Gasteiger partial charge in [0.2, 0.25) is 11.8 Å². The number of hydrogen-bond donors (Lipinski definition) is 3. The van der Waals surface area contributed by atoms with Crippen LogP contribution >= 0.6 is 0 Å². The molecule has 5 nitrogen and oxygen atoms in total. The van der Waals surface area contributed by atoms with Crippen LogP contribution in [-0.4, -0.2) is 22.8 Å². The number of nitrogens with two attached hydrogens (primary N) is 1. The van der Waals surface area contributed by atoms with E-state index in [2.05, 4.69) is 10.3 Å². The smallest absolute Gasteiger partial charge is 0.368 e. The van der Waals surface area contributed by atoms with Gasteiger partial charge in [-0.3, -0.25) is 9.59 Å². The quantitative estimate of drug-likeness (QED) is 0.605. The Bertz CT molecular complexity index is 994. The monoisotopic (exact) mass is 389 g/mol. The van der Waals surface area contributed by atoms with Gasteiger partial charge in [-0.25, -0.2) is 0 Å². The molecule has 0 aliphatic heterocycles. The minimum atomic E-state index is -4.43. The van der Waals surface area contributed by atoms with Crippen LogP contribution in [0.4, 0.5) is 13.2 Å². The van der Waals surface area contributed by atoms with Crippen molar-refractivity contribution in [2.75, 3.05) is 0 Å². The first-order valence-electron chi connectivity index (χ1n) is 8.54. The number of fused-ring (bicyclic) bond motifs is 1. The number of primary amides is 1. The van der Waals surface area contributed by atoms with Crippen LogP contribution in [0.25, 0.3) is 10.9 Å². The molecule has 4 N–H and O–H groups in total. The fourth-order valence-electron chi connectivity index (χ4n) is 2.99. The Morgan fingerprint density at radius 3 is 2.39 bits per heavy atom. The van der Waals surface area contributed by atoms with Gasteiger partial charge in [-0.2, -0.15) is 13.2 Å². The number of carbonyl (C=O) groups excluding carboxylic acids is 2. The lowest BCUT2D eigenvalue weighted by atomic mass is 10.0. The Kier molecular flexibility index (Phi) is 5.39. The van der Waals surface area contributed by atoms with E-state index in [1.807, 2.05) is 24.3 Å². The number of para-hydroxylation sites is 1. The maximum atomic E-state index is 12.6. The van der Waals surface area contributed by atoms with Crippen molar-refractivity contribution in [1.82, 2.24) is 10.3 Å². The van der Waals surface area contributed by atoms with Gasteiger partial charge in [0.25, 0.3) is 0 Å². The number of nitrogens with one attached hydrogen (secondary N) is 2. The van der Waals surface area contributed by atoms with Crippen LogP contribution in [0.15, 0.2) is 54.7 Å². The predicted octanol–water partition coefficient (Wildman–Crippen LogP) is 2.94. The van der Waals surface area contributed by atoms with E-state index >= 15 is 0 Å². The topological polar surface area (TPSA) is 88.0 Å². The Hall–Kier alpha value is -3.29. The van der Waals surface area contributed by atoms with Crippen LogP contribution < -0.4 is 11.1 Å². The third kappa shape index (κ3) is 4.51. The van der Waals surface area contributed by atoms with Crippen molar-refractivity contribution in [2.45, 2.75) is 25.1 Å². The van der Waals surface area contributed by atoms with Gasteiger partial charge in [0.1, 0.15) is 6.04 Å². The summed E-state index contributed by atoms with van der Waals surface area (Å²) in [4.78, 5) is 27.1. The Morgan fingerprint density at radius 1 is 1.07 bits per heavy atom. The molecule has 0 aliphatic rings. The molecule has 0 bridgehead atoms. The summed E-state index contributed by atoms with van der Waals surface area (Å²) < 4.78 is 37.8. The van der Waals surface area contributed by atoms with Crippen molar-refractivity contribution in [3.63, 3.8) is 0 Å². The highest BCUT2D eigenvalue weighted by Gasteiger charge is 2.30. The molecular weight excluding hydrogens is 371 g/mol. The third-order valence-electron chi connectivity index (χ3n) is 4.42. The maximum absolute atomic E-state index is 12.6. The molecule has 28 heavy (non-hydrogen) atoms. The molecule has 0 saturated carbocycles. The lowest BCUT2D eigenvalue weighted by Gasteiger charge is -2.15. The van der Waals surface area contributed by atoms with Crippen LogP contribution in [-0.2, 0) is 28.6 Å². The van der Waals surface area contributed by atoms with Crippen molar-refractivity contribution in [3.8, 4) is 0 Å². The first kappa shape index (κ1) is 19.5. The van der Waals surface area contributed by atoms with Gasteiger partial charge in [0.05, 0.1) is 12.0 Å². The molecule has 1 atom stereocenters. The summed E-state index contributed by atoms with van der Waals surface area (Å²) in [5, 5.41) is 3.49. The van der Waals surface area contributed by atoms with E-state index in [0.717, 1.165) is 28.6 Å². The molecule has 0 spiro atoms. The van der Waals surface area contributed by atoms with Gasteiger partial charge in [0.15, 0.2) is 0 Å². The molecule has 0 fully saturated rings. The molecule has 146 valence electrons. The first-order valence-corrected chi connectivity index (χ1v) is 8.54. The molecular formula is C20H18F3N3O2. The average Bonchev–Trinajstić information content (AvgIpc) is 3.04. The van der Waals surface area contributed by atoms with Crippen LogP contribution in [0, 0.1) is 0 Å². The van der Waals surface area contributed by atoms with Gasteiger partial charge >= 0.3 is 6.18 Å². The number of alkyl halides is 3. The lowest BCUT2D eigenvalue weighted by Crippen LogP contribution is -2.46. The molecule has 3 aromatic rings. The van der Waals surface area contributed by atoms with Crippen LogP contribution in [0.5, 0.6) is 0 Å². The molecule has 1 aromatic heterocycles. The van der Waals surface area contributed by atoms with E-state index in [-0.39, 0.29) is 12.8 Å². The number of benzene rings is 2. The molecule has 2 aromatic carbocycles. The number of H-pyrrole nitrogens is 1. The zero-order valence-electron chi connectivity index (χ0n) is 14.7. The lowest BCUT2D eigenvalue weighted by molar-refractivity contribution is -0.137. The minimum absolute atomic E-state index is 0.157. The molecule has 0 saturated heterocycles. The summed E-state index contributed by atoms with van der Waals surface area (Å²) in [6.45, 7) is 0. The highest BCUT2D eigenvalue weighted by Crippen LogP contribution is 2.29. The summed E-state index contributed by atoms with van der Waals surface area (Å²) in [5.74, 6) is -1.19. The molecule has 0 unspecified atom stereocenters. The van der Waals surface area contributed by atoms with E-state index in [9.17, 15) is 22.8 Å². The van der Waals surface area contributed by atoms with Crippen molar-refractivity contribution >= 4 is 22.7 Å². The Balaban J connectivity index is 1.67. The SMILES string of the molecule is NC(=O)[C@@H](Cc1c[nH]c2ccccc12)NC(=O)Cc1ccc(C(F)(F)F)cc1. The zero-order chi connectivity index (χ0) is 20.3. The summed E-state index contributed by atoms with van der Waals surface area (Å²) in [6, 6.07) is 10.9. The fourth-order valence-corrected chi connectivity index (χ4v) is 2.99. The van der Waals surface area contributed by atoms with Crippen molar-refractivity contribution in [3.05, 3.63) is 71.4 Å². The summed E-state index contributed by atoms with van der Waals surface area (Å²) in [6.07, 6.45) is -2.63. The predicted molar refractivity (Wildman–Crippen MR) is 98.3 cm³/mol. The largest absolute Gasteiger partial charge is 0.416 e. The van der Waals surface area contributed by atoms with Gasteiger partial charge in [-0.1, -0.05) is 30.3 Å².